The summed E-state index contributed by atoms with van der Waals surface area (Å²) in [6.45, 7) is 9.93. The van der Waals surface area contributed by atoms with Gasteiger partial charge in [-0.25, -0.2) is 9.59 Å². The molecule has 1 spiro atoms. The highest BCUT2D eigenvalue weighted by molar-refractivity contribution is 9.10. The Morgan fingerprint density at radius 2 is 1.84 bits per heavy atom. The Kier molecular flexibility index (Phi) is 5.69. The minimum atomic E-state index is -1.89. The molecule has 2 aliphatic rings. The lowest BCUT2D eigenvalue weighted by molar-refractivity contribution is -0.152. The molecule has 1 amide bonds. The normalized spacial score (nSPS) is 20.6. The summed E-state index contributed by atoms with van der Waals surface area (Å²) in [5.41, 5.74) is 3.80. The fourth-order valence-corrected chi connectivity index (χ4v) is 4.13. The van der Waals surface area contributed by atoms with Crippen LogP contribution in [0, 0.1) is 0 Å². The number of nitrogens with one attached hydrogen (secondary N) is 1. The molecule has 0 unspecified atom stereocenters. The van der Waals surface area contributed by atoms with Crippen molar-refractivity contribution >= 4 is 39.5 Å². The third-order valence-electron chi connectivity index (χ3n) is 4.74. The highest BCUT2D eigenvalue weighted by atomic mass is 79.9. The van der Waals surface area contributed by atoms with E-state index >= 15 is 0 Å². The second-order valence-corrected chi connectivity index (χ2v) is 9.54. The van der Waals surface area contributed by atoms with Gasteiger partial charge in [0, 0.05) is 15.7 Å². The second kappa shape index (κ2) is 7.71. The summed E-state index contributed by atoms with van der Waals surface area (Å²) in [6.07, 6.45) is -0.468. The van der Waals surface area contributed by atoms with E-state index in [1.807, 2.05) is 0 Å². The van der Waals surface area contributed by atoms with Crippen LogP contribution in [-0.2, 0) is 34.0 Å². The van der Waals surface area contributed by atoms with Gasteiger partial charge in [0.05, 0.1) is 6.10 Å². The molecule has 3 rings (SSSR count). The van der Waals surface area contributed by atoms with Crippen molar-refractivity contribution in [3.8, 4) is 0 Å². The van der Waals surface area contributed by atoms with Crippen LogP contribution in [0.15, 0.2) is 45.5 Å². The Labute approximate surface area is 188 Å². The summed E-state index contributed by atoms with van der Waals surface area (Å²) >= 11 is 3.40. The molecule has 166 valence electrons. The molecule has 2 aliphatic heterocycles. The number of halogens is 1. The van der Waals surface area contributed by atoms with Crippen LogP contribution in [0.25, 0.3) is 0 Å². The van der Waals surface area contributed by atoms with Crippen LogP contribution in [0.2, 0.25) is 0 Å². The number of nitrogens with two attached hydrogens (primary N) is 1. The van der Waals surface area contributed by atoms with Crippen molar-refractivity contribution in [2.75, 3.05) is 5.32 Å². The molecule has 31 heavy (non-hydrogen) atoms. The molecular formula is C22H25BrN2O6. The number of rotatable bonds is 3. The molecule has 0 saturated carbocycles. The number of carbonyl (C=O) groups excluding carboxylic acids is 3. The quantitative estimate of drug-likeness (QED) is 0.620. The standard InChI is InChI=1S/C22H25BrN2O6/c1-10(2)29-18(26)15-11(3)30-17(24)16(19(27)31-21(4,5)6)22(15)13-9-12(23)7-8-14(13)25-20(22)28/h7-10H,24H2,1-6H3,(H,25,28)/t22-/m1/s1. The summed E-state index contributed by atoms with van der Waals surface area (Å²) in [4.78, 5) is 40.1. The molecule has 1 aromatic rings. The number of allylic oxidation sites excluding steroid dienone is 1. The van der Waals surface area contributed by atoms with Gasteiger partial charge in [0.15, 0.2) is 0 Å². The third-order valence-corrected chi connectivity index (χ3v) is 5.23. The Balaban J connectivity index is 2.37. The minimum Gasteiger partial charge on any atom is -0.459 e. The Morgan fingerprint density at radius 3 is 2.42 bits per heavy atom. The number of ether oxygens (including phenoxy) is 3. The molecule has 0 radical (unpaired) electrons. The lowest BCUT2D eigenvalue weighted by Crippen LogP contribution is -2.49. The van der Waals surface area contributed by atoms with Gasteiger partial charge < -0.3 is 25.3 Å². The average Bonchev–Trinajstić information content (AvgIpc) is 2.84. The maximum Gasteiger partial charge on any atom is 0.341 e. The monoisotopic (exact) mass is 492 g/mol. The first-order valence-electron chi connectivity index (χ1n) is 9.74. The Morgan fingerprint density at radius 1 is 1.19 bits per heavy atom. The van der Waals surface area contributed by atoms with E-state index in [9.17, 15) is 14.4 Å². The number of carbonyl (C=O) groups is 3. The van der Waals surface area contributed by atoms with Crippen molar-refractivity contribution in [3.63, 3.8) is 0 Å². The maximum atomic E-state index is 13.6. The maximum absolute atomic E-state index is 13.6. The van der Waals surface area contributed by atoms with E-state index in [0.29, 0.717) is 15.7 Å². The van der Waals surface area contributed by atoms with Crippen molar-refractivity contribution in [3.05, 3.63) is 51.0 Å². The zero-order chi connectivity index (χ0) is 23.3. The largest absolute Gasteiger partial charge is 0.459 e. The molecule has 1 atom stereocenters. The first kappa shape index (κ1) is 22.9. The van der Waals surface area contributed by atoms with Crippen molar-refractivity contribution in [2.24, 2.45) is 5.73 Å². The zero-order valence-electron chi connectivity index (χ0n) is 18.2. The molecule has 0 aliphatic carbocycles. The van der Waals surface area contributed by atoms with E-state index in [2.05, 4.69) is 21.2 Å². The topological polar surface area (TPSA) is 117 Å². The zero-order valence-corrected chi connectivity index (χ0v) is 19.8. The van der Waals surface area contributed by atoms with Crippen LogP contribution in [0.1, 0.15) is 47.1 Å². The number of esters is 2. The summed E-state index contributed by atoms with van der Waals surface area (Å²) in [7, 11) is 0. The lowest BCUT2D eigenvalue weighted by Gasteiger charge is -2.36. The highest BCUT2D eigenvalue weighted by Gasteiger charge is 2.62. The van der Waals surface area contributed by atoms with Gasteiger partial charge in [-0.2, -0.15) is 0 Å². The SMILES string of the molecule is CC1=C(C(=O)OC(C)C)[C@@]2(C(=O)Nc3ccc(Br)cc32)C(C(=O)OC(C)(C)C)=C(N)O1. The average molecular weight is 493 g/mol. The molecule has 8 nitrogen and oxygen atoms in total. The van der Waals surface area contributed by atoms with Gasteiger partial charge in [-0.1, -0.05) is 15.9 Å². The fraction of sp³-hybridized carbons (Fsp3) is 0.409. The molecule has 2 heterocycles. The fourth-order valence-electron chi connectivity index (χ4n) is 3.76. The molecule has 0 aromatic heterocycles. The van der Waals surface area contributed by atoms with Crippen LogP contribution in [0.4, 0.5) is 5.69 Å². The van der Waals surface area contributed by atoms with Crippen molar-refractivity contribution in [2.45, 2.75) is 58.7 Å². The van der Waals surface area contributed by atoms with Crippen LogP contribution >= 0.6 is 15.9 Å². The minimum absolute atomic E-state index is 0.0680. The lowest BCUT2D eigenvalue weighted by atomic mass is 9.67. The molecule has 0 fully saturated rings. The number of benzene rings is 1. The number of fused-ring (bicyclic) bond motifs is 2. The van der Waals surface area contributed by atoms with Gasteiger partial charge in [-0.05, 0) is 59.7 Å². The molecule has 9 heteroatoms. The van der Waals surface area contributed by atoms with E-state index in [4.69, 9.17) is 19.9 Å². The van der Waals surface area contributed by atoms with E-state index in [1.165, 1.54) is 6.92 Å². The van der Waals surface area contributed by atoms with E-state index in [-0.39, 0.29) is 22.8 Å². The van der Waals surface area contributed by atoms with E-state index in [1.54, 1.807) is 52.8 Å². The van der Waals surface area contributed by atoms with Crippen molar-refractivity contribution in [1.29, 1.82) is 0 Å². The summed E-state index contributed by atoms with van der Waals surface area (Å²) < 4.78 is 17.2. The summed E-state index contributed by atoms with van der Waals surface area (Å²) in [6, 6.07) is 5.07. The predicted molar refractivity (Wildman–Crippen MR) is 117 cm³/mol. The Hall–Kier alpha value is -2.81. The number of amides is 1. The highest BCUT2D eigenvalue weighted by Crippen LogP contribution is 2.53. The Bertz CT molecular complexity index is 1050. The van der Waals surface area contributed by atoms with Gasteiger partial charge >= 0.3 is 11.9 Å². The first-order valence-corrected chi connectivity index (χ1v) is 10.5. The van der Waals surface area contributed by atoms with Crippen molar-refractivity contribution < 1.29 is 28.6 Å². The molecule has 0 bridgehead atoms. The number of anilines is 1. The van der Waals surface area contributed by atoms with Crippen LogP contribution in [0.5, 0.6) is 0 Å². The molecule has 0 saturated heterocycles. The van der Waals surface area contributed by atoms with Gasteiger partial charge in [0.1, 0.15) is 27.9 Å². The van der Waals surface area contributed by atoms with Gasteiger partial charge in [0.2, 0.25) is 11.8 Å². The van der Waals surface area contributed by atoms with E-state index < -0.39 is 35.0 Å². The second-order valence-electron chi connectivity index (χ2n) is 8.62. The van der Waals surface area contributed by atoms with Crippen LogP contribution < -0.4 is 11.1 Å². The molecule has 1 aromatic carbocycles. The predicted octanol–water partition coefficient (Wildman–Crippen LogP) is 3.41. The van der Waals surface area contributed by atoms with Crippen LogP contribution in [0.3, 0.4) is 0 Å². The number of hydrogen-bond acceptors (Lipinski definition) is 7. The summed E-state index contributed by atoms with van der Waals surface area (Å²) in [5.74, 6) is -2.52. The van der Waals surface area contributed by atoms with Gasteiger partial charge in [0.25, 0.3) is 0 Å². The first-order chi connectivity index (χ1) is 14.3. The van der Waals surface area contributed by atoms with Crippen LogP contribution in [-0.4, -0.2) is 29.6 Å². The summed E-state index contributed by atoms with van der Waals surface area (Å²) in [5, 5.41) is 2.76. The number of hydrogen-bond donors (Lipinski definition) is 2. The third kappa shape index (κ3) is 3.82. The van der Waals surface area contributed by atoms with Crippen molar-refractivity contribution in [1.82, 2.24) is 0 Å². The molecular weight excluding hydrogens is 468 g/mol. The van der Waals surface area contributed by atoms with Gasteiger partial charge in [-0.3, -0.25) is 4.79 Å². The van der Waals surface area contributed by atoms with Gasteiger partial charge in [-0.15, -0.1) is 0 Å². The molecule has 3 N–H and O–H groups in total. The van der Waals surface area contributed by atoms with E-state index in [0.717, 1.165) is 0 Å². The smallest absolute Gasteiger partial charge is 0.341 e.